The van der Waals surface area contributed by atoms with Gasteiger partial charge in [-0.05, 0) is 12.8 Å². The Labute approximate surface area is 116 Å². The molecule has 3 N–H and O–H groups in total. The fourth-order valence-electron chi connectivity index (χ4n) is 1.84. The first-order chi connectivity index (χ1) is 9.46. The summed E-state index contributed by atoms with van der Waals surface area (Å²) in [6, 6.07) is 1.19. The molecule has 1 aromatic heterocycles. The van der Waals surface area contributed by atoms with Crippen LogP contribution in [-0.4, -0.2) is 33.7 Å². The Morgan fingerprint density at radius 2 is 2.05 bits per heavy atom. The molecule has 0 aromatic carbocycles. The number of hydrogen-bond donors (Lipinski definition) is 3. The zero-order valence-corrected chi connectivity index (χ0v) is 11.8. The number of aliphatic hydroxyl groups excluding tert-OH is 1. The molecule has 112 valence electrons. The molecule has 1 rings (SSSR count). The molecule has 0 radical (unpaired) electrons. The SMILES string of the molecule is CCC(CC)(CO)CNC(=O)Cn1ccc(=O)[nH]c1=O. The van der Waals surface area contributed by atoms with Crippen LogP contribution in [0, 0.1) is 5.41 Å². The van der Waals surface area contributed by atoms with Gasteiger partial charge in [-0.25, -0.2) is 4.79 Å². The maximum absolute atomic E-state index is 11.8. The number of nitrogens with one attached hydrogen (secondary N) is 2. The van der Waals surface area contributed by atoms with Crippen molar-refractivity contribution in [3.63, 3.8) is 0 Å². The molecule has 0 spiro atoms. The molecule has 1 amide bonds. The Morgan fingerprint density at radius 1 is 1.40 bits per heavy atom. The van der Waals surface area contributed by atoms with Crippen molar-refractivity contribution >= 4 is 5.91 Å². The largest absolute Gasteiger partial charge is 0.396 e. The second-order valence-corrected chi connectivity index (χ2v) is 4.88. The lowest BCUT2D eigenvalue weighted by molar-refractivity contribution is -0.122. The maximum Gasteiger partial charge on any atom is 0.328 e. The molecule has 0 aliphatic rings. The van der Waals surface area contributed by atoms with Crippen LogP contribution < -0.4 is 16.6 Å². The van der Waals surface area contributed by atoms with Gasteiger partial charge in [0.25, 0.3) is 5.56 Å². The minimum absolute atomic E-state index is 0.00111. The number of carbonyl (C=O) groups excluding carboxylic acids is 1. The summed E-state index contributed by atoms with van der Waals surface area (Å²) in [6.07, 6.45) is 2.78. The third kappa shape index (κ3) is 4.06. The van der Waals surface area contributed by atoms with Crippen molar-refractivity contribution in [3.05, 3.63) is 33.1 Å². The third-order valence-electron chi connectivity index (χ3n) is 3.71. The van der Waals surface area contributed by atoms with Crippen LogP contribution in [0.5, 0.6) is 0 Å². The van der Waals surface area contributed by atoms with E-state index in [-0.39, 0.29) is 24.5 Å². The molecule has 0 saturated heterocycles. The first-order valence-electron chi connectivity index (χ1n) is 6.63. The van der Waals surface area contributed by atoms with E-state index < -0.39 is 11.2 Å². The summed E-state index contributed by atoms with van der Waals surface area (Å²) in [7, 11) is 0. The summed E-state index contributed by atoms with van der Waals surface area (Å²) in [5.41, 5.74) is -1.44. The third-order valence-corrected chi connectivity index (χ3v) is 3.71. The summed E-state index contributed by atoms with van der Waals surface area (Å²) in [6.45, 7) is 4.10. The fraction of sp³-hybridized carbons (Fsp3) is 0.615. The molecule has 7 heteroatoms. The molecule has 0 saturated carbocycles. The molecular weight excluding hydrogens is 262 g/mol. The second kappa shape index (κ2) is 7.04. The fourth-order valence-corrected chi connectivity index (χ4v) is 1.84. The molecule has 0 aliphatic carbocycles. The van der Waals surface area contributed by atoms with Gasteiger partial charge in [-0.15, -0.1) is 0 Å². The van der Waals surface area contributed by atoms with Gasteiger partial charge in [0.15, 0.2) is 0 Å². The van der Waals surface area contributed by atoms with E-state index in [4.69, 9.17) is 0 Å². The van der Waals surface area contributed by atoms with E-state index >= 15 is 0 Å². The normalized spacial score (nSPS) is 11.3. The van der Waals surface area contributed by atoms with Crippen LogP contribution in [0.25, 0.3) is 0 Å². The predicted molar refractivity (Wildman–Crippen MR) is 74.4 cm³/mol. The molecule has 1 aromatic rings. The number of amides is 1. The monoisotopic (exact) mass is 283 g/mol. The molecule has 0 aliphatic heterocycles. The van der Waals surface area contributed by atoms with E-state index in [0.29, 0.717) is 6.54 Å². The Balaban J connectivity index is 2.64. The van der Waals surface area contributed by atoms with Gasteiger partial charge in [-0.1, -0.05) is 13.8 Å². The second-order valence-electron chi connectivity index (χ2n) is 4.88. The lowest BCUT2D eigenvalue weighted by Crippen LogP contribution is -2.42. The summed E-state index contributed by atoms with van der Waals surface area (Å²) < 4.78 is 1.12. The summed E-state index contributed by atoms with van der Waals surface area (Å²) in [4.78, 5) is 36.2. The molecule has 0 bridgehead atoms. The molecule has 0 fully saturated rings. The van der Waals surface area contributed by atoms with Crippen molar-refractivity contribution in [2.45, 2.75) is 33.2 Å². The van der Waals surface area contributed by atoms with Gasteiger partial charge in [-0.3, -0.25) is 19.1 Å². The number of aliphatic hydroxyl groups is 1. The number of aromatic amines is 1. The zero-order valence-electron chi connectivity index (χ0n) is 11.8. The minimum atomic E-state index is -0.618. The van der Waals surface area contributed by atoms with Crippen LogP contribution in [0.2, 0.25) is 0 Å². The molecule has 0 atom stereocenters. The van der Waals surface area contributed by atoms with E-state index in [1.54, 1.807) is 0 Å². The van der Waals surface area contributed by atoms with E-state index in [0.717, 1.165) is 17.4 Å². The van der Waals surface area contributed by atoms with Crippen molar-refractivity contribution in [2.24, 2.45) is 5.41 Å². The first-order valence-corrected chi connectivity index (χ1v) is 6.63. The van der Waals surface area contributed by atoms with E-state index in [2.05, 4.69) is 10.3 Å². The average molecular weight is 283 g/mol. The summed E-state index contributed by atoms with van der Waals surface area (Å²) in [5, 5.41) is 12.1. The van der Waals surface area contributed by atoms with Gasteiger partial charge in [-0.2, -0.15) is 0 Å². The Kier molecular flexibility index (Phi) is 5.69. The van der Waals surface area contributed by atoms with Crippen LogP contribution in [0.1, 0.15) is 26.7 Å². The van der Waals surface area contributed by atoms with Gasteiger partial charge in [0.2, 0.25) is 5.91 Å². The molecule has 0 unspecified atom stereocenters. The highest BCUT2D eigenvalue weighted by atomic mass is 16.3. The average Bonchev–Trinajstić information content (AvgIpc) is 2.44. The number of aromatic nitrogens is 2. The highest BCUT2D eigenvalue weighted by Crippen LogP contribution is 2.24. The summed E-state index contributed by atoms with van der Waals surface area (Å²) >= 11 is 0. The van der Waals surface area contributed by atoms with Crippen molar-refractivity contribution in [1.82, 2.24) is 14.9 Å². The van der Waals surface area contributed by atoms with Crippen molar-refractivity contribution < 1.29 is 9.90 Å². The van der Waals surface area contributed by atoms with Crippen LogP contribution in [0.4, 0.5) is 0 Å². The number of nitrogens with zero attached hydrogens (tertiary/aromatic N) is 1. The molecule has 1 heterocycles. The van der Waals surface area contributed by atoms with Gasteiger partial charge in [0.1, 0.15) is 6.54 Å². The van der Waals surface area contributed by atoms with Crippen LogP contribution >= 0.6 is 0 Å². The van der Waals surface area contributed by atoms with Crippen LogP contribution in [0.15, 0.2) is 21.9 Å². The van der Waals surface area contributed by atoms with E-state index in [9.17, 15) is 19.5 Å². The first kappa shape index (κ1) is 16.2. The molecule has 20 heavy (non-hydrogen) atoms. The summed E-state index contributed by atoms with van der Waals surface area (Å²) in [5.74, 6) is -0.334. The number of H-pyrrole nitrogens is 1. The minimum Gasteiger partial charge on any atom is -0.396 e. The number of carbonyl (C=O) groups is 1. The molecular formula is C13H21N3O4. The van der Waals surface area contributed by atoms with E-state index in [1.807, 2.05) is 13.8 Å². The van der Waals surface area contributed by atoms with Crippen LogP contribution in [0.3, 0.4) is 0 Å². The number of hydrogen-bond acceptors (Lipinski definition) is 4. The van der Waals surface area contributed by atoms with Gasteiger partial charge in [0.05, 0.1) is 6.61 Å². The van der Waals surface area contributed by atoms with Gasteiger partial charge < -0.3 is 10.4 Å². The Hall–Kier alpha value is -1.89. The van der Waals surface area contributed by atoms with Crippen molar-refractivity contribution in [3.8, 4) is 0 Å². The van der Waals surface area contributed by atoms with Gasteiger partial charge in [0, 0.05) is 24.2 Å². The van der Waals surface area contributed by atoms with Crippen molar-refractivity contribution in [2.75, 3.05) is 13.2 Å². The topological polar surface area (TPSA) is 104 Å². The van der Waals surface area contributed by atoms with Gasteiger partial charge >= 0.3 is 5.69 Å². The van der Waals surface area contributed by atoms with Crippen LogP contribution in [-0.2, 0) is 11.3 Å². The van der Waals surface area contributed by atoms with E-state index in [1.165, 1.54) is 12.3 Å². The highest BCUT2D eigenvalue weighted by Gasteiger charge is 2.25. The predicted octanol–water partition coefficient (Wildman–Crippen LogP) is -0.548. The smallest absolute Gasteiger partial charge is 0.328 e. The zero-order chi connectivity index (χ0) is 15.2. The quantitative estimate of drug-likeness (QED) is 0.624. The highest BCUT2D eigenvalue weighted by molar-refractivity contribution is 5.75. The Morgan fingerprint density at radius 3 is 2.55 bits per heavy atom. The standard InChI is InChI=1S/C13H21N3O4/c1-3-13(4-2,9-17)8-14-11(19)7-16-6-5-10(18)15-12(16)20/h5-6,17H,3-4,7-9H2,1-2H3,(H,14,19)(H,15,18,20). The lowest BCUT2D eigenvalue weighted by atomic mass is 9.83. The molecule has 7 nitrogen and oxygen atoms in total. The Bertz CT molecular complexity index is 549. The van der Waals surface area contributed by atoms with Crippen molar-refractivity contribution in [1.29, 1.82) is 0 Å². The number of rotatable bonds is 7. The lowest BCUT2D eigenvalue weighted by Gasteiger charge is -2.29. The maximum atomic E-state index is 11.8.